The molecule has 1 heterocycles. The Morgan fingerprint density at radius 1 is 1.20 bits per heavy atom. The number of piperidine rings is 1. The van der Waals surface area contributed by atoms with E-state index in [1.165, 1.54) is 12.1 Å². The van der Waals surface area contributed by atoms with E-state index in [4.69, 9.17) is 9.47 Å². The molecule has 1 aliphatic heterocycles. The van der Waals surface area contributed by atoms with E-state index in [0.29, 0.717) is 18.9 Å². The van der Waals surface area contributed by atoms with Gasteiger partial charge in [-0.15, -0.1) is 0 Å². The van der Waals surface area contributed by atoms with Crippen LogP contribution in [0.25, 0.3) is 0 Å². The van der Waals surface area contributed by atoms with Crippen molar-refractivity contribution in [2.45, 2.75) is 69.9 Å². The molecular weight excluding hydrogens is 408 g/mol. The molecule has 1 aliphatic rings. The highest BCUT2D eigenvalue weighted by atomic mass is 32.2. The molecule has 1 saturated heterocycles. The number of hydrogen-bond acceptors (Lipinski definition) is 6. The Kier molecular flexibility index (Phi) is 9.10. The first-order valence-corrected chi connectivity index (χ1v) is 12.0. The number of esters is 1. The van der Waals surface area contributed by atoms with Crippen molar-refractivity contribution in [1.29, 1.82) is 0 Å². The van der Waals surface area contributed by atoms with Crippen LogP contribution in [-0.4, -0.2) is 57.0 Å². The maximum atomic E-state index is 12.6. The molecule has 1 aromatic carbocycles. The number of carbonyl (C=O) groups is 2. The monoisotopic (exact) mass is 440 g/mol. The summed E-state index contributed by atoms with van der Waals surface area (Å²) in [6.07, 6.45) is 2.86. The molecule has 0 aliphatic carbocycles. The van der Waals surface area contributed by atoms with Crippen molar-refractivity contribution in [3.63, 3.8) is 0 Å². The second-order valence-electron chi connectivity index (χ2n) is 7.27. The van der Waals surface area contributed by atoms with Crippen LogP contribution in [-0.2, 0) is 24.3 Å². The maximum absolute atomic E-state index is 12.6. The third-order valence-corrected chi connectivity index (χ3v) is 6.58. The minimum Gasteiger partial charge on any atom is -0.494 e. The van der Waals surface area contributed by atoms with Crippen molar-refractivity contribution in [3.8, 4) is 5.75 Å². The summed E-state index contributed by atoms with van der Waals surface area (Å²) in [5.41, 5.74) is 0. The lowest BCUT2D eigenvalue weighted by molar-refractivity contribution is -0.160. The van der Waals surface area contributed by atoms with Gasteiger partial charge in [0.25, 0.3) is 5.91 Å². The largest absolute Gasteiger partial charge is 0.494 e. The number of carbonyl (C=O) groups excluding carboxylic acids is 2. The number of sulfonamides is 1. The number of rotatable bonds is 10. The Hall–Kier alpha value is -2.13. The molecule has 2 rings (SSSR count). The summed E-state index contributed by atoms with van der Waals surface area (Å²) in [5, 5.41) is 0. The molecule has 0 radical (unpaired) electrons. The summed E-state index contributed by atoms with van der Waals surface area (Å²) in [6, 6.07) is 6.21. The standard InChI is InChI=1S/C21H32N2O6S/c1-4-17-8-6-7-15-23(17)21(25)16(3)29-20(24)13-14-22-30(26,27)19-11-9-18(10-12-19)28-5-2/h9-12,16-17,22H,4-8,13-15H2,1-3H3. The fraction of sp³-hybridized carbons (Fsp3) is 0.619. The Balaban J connectivity index is 1.81. The van der Waals surface area contributed by atoms with Crippen molar-refractivity contribution in [2.24, 2.45) is 0 Å². The zero-order chi connectivity index (χ0) is 22.1. The molecule has 168 valence electrons. The number of ether oxygens (including phenoxy) is 2. The third kappa shape index (κ3) is 6.70. The normalized spacial score (nSPS) is 18.0. The smallest absolute Gasteiger partial charge is 0.307 e. The van der Waals surface area contributed by atoms with Gasteiger partial charge in [0.15, 0.2) is 6.10 Å². The number of likely N-dealkylation sites (tertiary alicyclic amines) is 1. The van der Waals surface area contributed by atoms with Crippen molar-refractivity contribution < 1.29 is 27.5 Å². The van der Waals surface area contributed by atoms with E-state index in [-0.39, 0.29) is 29.8 Å². The topological polar surface area (TPSA) is 102 Å². The molecule has 0 aromatic heterocycles. The molecule has 1 fully saturated rings. The van der Waals surface area contributed by atoms with Crippen LogP contribution >= 0.6 is 0 Å². The molecule has 2 atom stereocenters. The Bertz CT molecular complexity index is 809. The molecule has 1 amide bonds. The number of amides is 1. The summed E-state index contributed by atoms with van der Waals surface area (Å²) >= 11 is 0. The Morgan fingerprint density at radius 2 is 1.90 bits per heavy atom. The van der Waals surface area contributed by atoms with Gasteiger partial charge in [-0.25, -0.2) is 13.1 Å². The molecule has 9 heteroatoms. The SMILES string of the molecule is CCOc1ccc(S(=O)(=O)NCCC(=O)OC(C)C(=O)N2CCCCC2CC)cc1. The van der Waals surface area contributed by atoms with Crippen LogP contribution in [0.15, 0.2) is 29.2 Å². The van der Waals surface area contributed by atoms with Crippen LogP contribution in [0.1, 0.15) is 52.9 Å². The molecular formula is C21H32N2O6S. The predicted molar refractivity (Wildman–Crippen MR) is 113 cm³/mol. The van der Waals surface area contributed by atoms with E-state index in [1.807, 2.05) is 13.8 Å². The van der Waals surface area contributed by atoms with Crippen molar-refractivity contribution in [1.82, 2.24) is 9.62 Å². The zero-order valence-electron chi connectivity index (χ0n) is 17.9. The van der Waals surface area contributed by atoms with E-state index in [9.17, 15) is 18.0 Å². The summed E-state index contributed by atoms with van der Waals surface area (Å²) in [6.45, 7) is 6.51. The van der Waals surface area contributed by atoms with Crippen LogP contribution < -0.4 is 9.46 Å². The van der Waals surface area contributed by atoms with E-state index in [2.05, 4.69) is 4.72 Å². The van der Waals surface area contributed by atoms with E-state index in [1.54, 1.807) is 24.0 Å². The number of nitrogens with zero attached hydrogens (tertiary/aromatic N) is 1. The third-order valence-electron chi connectivity index (χ3n) is 5.10. The zero-order valence-corrected chi connectivity index (χ0v) is 18.7. The van der Waals surface area contributed by atoms with Crippen LogP contribution in [0.4, 0.5) is 0 Å². The van der Waals surface area contributed by atoms with Gasteiger partial charge in [0, 0.05) is 19.1 Å². The molecule has 2 unspecified atom stereocenters. The van der Waals surface area contributed by atoms with Gasteiger partial charge in [-0.2, -0.15) is 0 Å². The molecule has 30 heavy (non-hydrogen) atoms. The second kappa shape index (κ2) is 11.3. The summed E-state index contributed by atoms with van der Waals surface area (Å²) < 4.78 is 37.6. The minimum atomic E-state index is -3.75. The molecule has 8 nitrogen and oxygen atoms in total. The van der Waals surface area contributed by atoms with Crippen LogP contribution in [0.2, 0.25) is 0 Å². The van der Waals surface area contributed by atoms with E-state index < -0.39 is 22.1 Å². The van der Waals surface area contributed by atoms with E-state index >= 15 is 0 Å². The van der Waals surface area contributed by atoms with Crippen LogP contribution in [0.3, 0.4) is 0 Å². The Morgan fingerprint density at radius 3 is 2.53 bits per heavy atom. The molecule has 0 saturated carbocycles. The van der Waals surface area contributed by atoms with Crippen molar-refractivity contribution >= 4 is 21.9 Å². The van der Waals surface area contributed by atoms with Crippen molar-refractivity contribution in [3.05, 3.63) is 24.3 Å². The average Bonchev–Trinajstić information content (AvgIpc) is 2.73. The van der Waals surface area contributed by atoms with Crippen LogP contribution in [0.5, 0.6) is 5.75 Å². The first-order chi connectivity index (χ1) is 14.3. The molecule has 1 aromatic rings. The first-order valence-electron chi connectivity index (χ1n) is 10.5. The van der Waals surface area contributed by atoms with Gasteiger partial charge >= 0.3 is 5.97 Å². The highest BCUT2D eigenvalue weighted by Gasteiger charge is 2.30. The van der Waals surface area contributed by atoms with Gasteiger partial charge in [0.1, 0.15) is 5.75 Å². The van der Waals surface area contributed by atoms with Gasteiger partial charge in [-0.1, -0.05) is 6.92 Å². The predicted octanol–water partition coefficient (Wildman–Crippen LogP) is 2.48. The summed E-state index contributed by atoms with van der Waals surface area (Å²) in [5.74, 6) is -0.224. The van der Waals surface area contributed by atoms with Gasteiger partial charge in [0.05, 0.1) is 17.9 Å². The van der Waals surface area contributed by atoms with Gasteiger partial charge in [-0.05, 0) is 63.8 Å². The number of hydrogen-bond donors (Lipinski definition) is 1. The number of nitrogens with one attached hydrogen (secondary N) is 1. The van der Waals surface area contributed by atoms with Gasteiger partial charge in [-0.3, -0.25) is 9.59 Å². The number of benzene rings is 1. The van der Waals surface area contributed by atoms with E-state index in [0.717, 1.165) is 25.7 Å². The first kappa shape index (κ1) is 24.1. The van der Waals surface area contributed by atoms with Crippen LogP contribution in [0, 0.1) is 0 Å². The molecule has 0 spiro atoms. The quantitative estimate of drug-likeness (QED) is 0.561. The summed E-state index contributed by atoms with van der Waals surface area (Å²) in [4.78, 5) is 26.6. The summed E-state index contributed by atoms with van der Waals surface area (Å²) in [7, 11) is -3.75. The lowest BCUT2D eigenvalue weighted by Crippen LogP contribution is -2.48. The highest BCUT2D eigenvalue weighted by Crippen LogP contribution is 2.21. The second-order valence-corrected chi connectivity index (χ2v) is 9.04. The lowest BCUT2D eigenvalue weighted by Gasteiger charge is -2.36. The maximum Gasteiger partial charge on any atom is 0.307 e. The van der Waals surface area contributed by atoms with Gasteiger partial charge < -0.3 is 14.4 Å². The van der Waals surface area contributed by atoms with Crippen molar-refractivity contribution in [2.75, 3.05) is 19.7 Å². The average molecular weight is 441 g/mol. The fourth-order valence-corrected chi connectivity index (χ4v) is 4.54. The Labute approximate surface area is 179 Å². The van der Waals surface area contributed by atoms with Gasteiger partial charge in [0.2, 0.25) is 10.0 Å². The highest BCUT2D eigenvalue weighted by molar-refractivity contribution is 7.89. The molecule has 0 bridgehead atoms. The fourth-order valence-electron chi connectivity index (χ4n) is 3.51. The molecule has 1 N–H and O–H groups in total. The lowest BCUT2D eigenvalue weighted by atomic mass is 9.99. The minimum absolute atomic E-state index is 0.0820.